The van der Waals surface area contributed by atoms with Crippen molar-refractivity contribution in [3.05, 3.63) is 70.4 Å². The van der Waals surface area contributed by atoms with E-state index in [0.29, 0.717) is 6.54 Å². The van der Waals surface area contributed by atoms with Gasteiger partial charge in [0.2, 0.25) is 0 Å². The predicted molar refractivity (Wildman–Crippen MR) is 115 cm³/mol. The summed E-state index contributed by atoms with van der Waals surface area (Å²) in [5.74, 6) is 0. The van der Waals surface area contributed by atoms with Gasteiger partial charge in [0.25, 0.3) is 0 Å². The van der Waals surface area contributed by atoms with Crippen LogP contribution in [0.25, 0.3) is 5.00 Å². The fourth-order valence-corrected chi connectivity index (χ4v) is 5.14. The van der Waals surface area contributed by atoms with Gasteiger partial charge in [-0.2, -0.15) is 0 Å². The number of urea groups is 1. The number of fused-ring (bicyclic) bond motifs is 1. The van der Waals surface area contributed by atoms with Crippen molar-refractivity contribution in [1.82, 2.24) is 14.8 Å². The maximum Gasteiger partial charge on any atom is 0.319 e. The first-order chi connectivity index (χ1) is 13.7. The van der Waals surface area contributed by atoms with Gasteiger partial charge in [0, 0.05) is 48.2 Å². The van der Waals surface area contributed by atoms with Crippen LogP contribution in [0.3, 0.4) is 0 Å². The second kappa shape index (κ2) is 8.20. The lowest BCUT2D eigenvalue weighted by Crippen LogP contribution is -2.30. The van der Waals surface area contributed by atoms with E-state index in [4.69, 9.17) is 0 Å². The van der Waals surface area contributed by atoms with Crippen molar-refractivity contribution in [2.75, 3.05) is 18.9 Å². The van der Waals surface area contributed by atoms with Crippen molar-refractivity contribution in [2.24, 2.45) is 0 Å². The average molecular weight is 395 g/mol. The Morgan fingerprint density at radius 3 is 2.75 bits per heavy atom. The van der Waals surface area contributed by atoms with Gasteiger partial charge in [-0.05, 0) is 49.2 Å². The van der Waals surface area contributed by atoms with Gasteiger partial charge in [-0.1, -0.05) is 25.1 Å². The minimum Gasteiger partial charge on any atom is -0.334 e. The van der Waals surface area contributed by atoms with E-state index in [0.717, 1.165) is 37.2 Å². The molecule has 2 amide bonds. The number of carbonyl (C=O) groups excluding carboxylic acids is 1. The van der Waals surface area contributed by atoms with E-state index in [-0.39, 0.29) is 6.03 Å². The minimum absolute atomic E-state index is 0.160. The van der Waals surface area contributed by atoms with Crippen LogP contribution in [0.15, 0.2) is 48.8 Å². The molecule has 2 aromatic heterocycles. The summed E-state index contributed by atoms with van der Waals surface area (Å²) < 4.78 is 2.16. The van der Waals surface area contributed by atoms with Gasteiger partial charge < -0.3 is 20.1 Å². The van der Waals surface area contributed by atoms with Crippen LogP contribution in [-0.4, -0.2) is 29.1 Å². The van der Waals surface area contributed by atoms with Crippen LogP contribution < -0.4 is 10.6 Å². The van der Waals surface area contributed by atoms with E-state index in [9.17, 15) is 4.79 Å². The number of benzene rings is 1. The minimum atomic E-state index is -0.160. The molecule has 0 atom stereocenters. The quantitative estimate of drug-likeness (QED) is 0.673. The highest BCUT2D eigenvalue weighted by Crippen LogP contribution is 2.35. The van der Waals surface area contributed by atoms with Crippen LogP contribution >= 0.6 is 11.3 Å². The number of nitrogens with zero attached hydrogens (tertiary/aromatic N) is 2. The molecule has 2 N–H and O–H groups in total. The number of amides is 2. The number of hydrogen-bond donors (Lipinski definition) is 2. The van der Waals surface area contributed by atoms with E-state index < -0.39 is 0 Å². The highest BCUT2D eigenvalue weighted by atomic mass is 32.1. The van der Waals surface area contributed by atoms with Crippen LogP contribution in [0.4, 0.5) is 10.5 Å². The zero-order valence-corrected chi connectivity index (χ0v) is 17.2. The number of rotatable bonds is 5. The van der Waals surface area contributed by atoms with Crippen LogP contribution in [0, 0.1) is 0 Å². The lowest BCUT2D eigenvalue weighted by atomic mass is 10.0. The fourth-order valence-electron chi connectivity index (χ4n) is 3.73. The van der Waals surface area contributed by atoms with Gasteiger partial charge in [0.15, 0.2) is 0 Å². The van der Waals surface area contributed by atoms with Gasteiger partial charge >= 0.3 is 6.03 Å². The third-order valence-electron chi connectivity index (χ3n) is 5.25. The molecule has 0 fully saturated rings. The molecule has 3 aromatic rings. The Morgan fingerprint density at radius 1 is 1.18 bits per heavy atom. The molecule has 28 heavy (non-hydrogen) atoms. The van der Waals surface area contributed by atoms with Gasteiger partial charge in [0.1, 0.15) is 5.00 Å². The zero-order chi connectivity index (χ0) is 19.5. The van der Waals surface area contributed by atoms with Crippen LogP contribution in [0.5, 0.6) is 0 Å². The van der Waals surface area contributed by atoms with E-state index >= 15 is 0 Å². The van der Waals surface area contributed by atoms with Gasteiger partial charge in [-0.3, -0.25) is 0 Å². The number of aromatic nitrogens is 1. The van der Waals surface area contributed by atoms with Crippen molar-refractivity contribution in [2.45, 2.75) is 32.9 Å². The second-order valence-electron chi connectivity index (χ2n) is 7.18. The Morgan fingerprint density at radius 2 is 1.96 bits per heavy atom. The highest BCUT2D eigenvalue weighted by Gasteiger charge is 2.23. The Balaban J connectivity index is 1.53. The molecule has 6 heteroatoms. The van der Waals surface area contributed by atoms with E-state index in [1.807, 2.05) is 47.7 Å². The normalized spacial score (nSPS) is 13.9. The van der Waals surface area contributed by atoms with Crippen molar-refractivity contribution in [3.63, 3.8) is 0 Å². The number of nitrogens with one attached hydrogen (secondary N) is 2. The molecule has 1 aliphatic heterocycles. The monoisotopic (exact) mass is 394 g/mol. The number of likely N-dealkylation sites (N-methyl/N-ethyl adjacent to an activating group) is 1. The summed E-state index contributed by atoms with van der Waals surface area (Å²) in [6.45, 7) is 4.65. The van der Waals surface area contributed by atoms with Gasteiger partial charge in [-0.15, -0.1) is 11.3 Å². The van der Waals surface area contributed by atoms with Crippen molar-refractivity contribution in [3.8, 4) is 5.00 Å². The molecule has 0 aliphatic carbocycles. The zero-order valence-electron chi connectivity index (χ0n) is 16.4. The smallest absolute Gasteiger partial charge is 0.319 e. The number of para-hydroxylation sites is 1. The maximum absolute atomic E-state index is 12.6. The maximum atomic E-state index is 12.6. The molecule has 0 saturated carbocycles. The molecule has 0 bridgehead atoms. The summed E-state index contributed by atoms with van der Waals surface area (Å²) in [6.07, 6.45) is 6.06. The molecule has 5 nitrogen and oxygen atoms in total. The summed E-state index contributed by atoms with van der Waals surface area (Å²) in [6, 6.07) is 11.9. The largest absolute Gasteiger partial charge is 0.334 e. The van der Waals surface area contributed by atoms with Gasteiger partial charge in [0.05, 0.1) is 0 Å². The van der Waals surface area contributed by atoms with E-state index in [1.54, 1.807) is 0 Å². The number of aryl methyl sites for hydroxylation is 1. The first-order valence-electron chi connectivity index (χ1n) is 9.73. The molecule has 0 unspecified atom stereocenters. The highest BCUT2D eigenvalue weighted by molar-refractivity contribution is 7.14. The third-order valence-corrected chi connectivity index (χ3v) is 6.52. The number of hydrogen-bond acceptors (Lipinski definition) is 3. The fraction of sp³-hybridized carbons (Fsp3) is 0.318. The number of thiophene rings is 1. The molecular formula is C22H26N4OS. The summed E-state index contributed by atoms with van der Waals surface area (Å²) in [4.78, 5) is 16.3. The van der Waals surface area contributed by atoms with Crippen LogP contribution in [0.2, 0.25) is 0 Å². The van der Waals surface area contributed by atoms with Crippen LogP contribution in [-0.2, 0) is 25.9 Å². The van der Waals surface area contributed by atoms with E-state index in [2.05, 4.69) is 46.5 Å². The first-order valence-corrected chi connectivity index (χ1v) is 10.6. The lowest BCUT2D eigenvalue weighted by Gasteiger charge is -2.22. The number of anilines is 1. The Bertz CT molecular complexity index is 961. The molecule has 146 valence electrons. The lowest BCUT2D eigenvalue weighted by molar-refractivity contribution is 0.251. The molecule has 1 aliphatic rings. The molecule has 1 aromatic carbocycles. The Hall–Kier alpha value is -2.57. The Labute approximate surface area is 170 Å². The molecule has 4 rings (SSSR count). The van der Waals surface area contributed by atoms with Gasteiger partial charge in [-0.25, -0.2) is 4.79 Å². The average Bonchev–Trinajstić information content (AvgIpc) is 3.34. The first kappa shape index (κ1) is 18.8. The topological polar surface area (TPSA) is 49.3 Å². The van der Waals surface area contributed by atoms with E-state index in [1.165, 1.54) is 21.0 Å². The molecule has 3 heterocycles. The summed E-state index contributed by atoms with van der Waals surface area (Å²) >= 11 is 1.83. The number of carbonyl (C=O) groups is 1. The van der Waals surface area contributed by atoms with Crippen molar-refractivity contribution >= 4 is 23.1 Å². The summed E-state index contributed by atoms with van der Waals surface area (Å²) in [5, 5.41) is 7.29. The van der Waals surface area contributed by atoms with Crippen molar-refractivity contribution < 1.29 is 4.79 Å². The SMILES string of the molecule is CCc1ccccc1NC(=O)NCc1c(-n2cccc2)sc2c1CCN(C)C2. The molecular weight excluding hydrogens is 368 g/mol. The molecule has 0 spiro atoms. The summed E-state index contributed by atoms with van der Waals surface area (Å²) in [5.41, 5.74) is 4.66. The molecule has 0 saturated heterocycles. The second-order valence-corrected chi connectivity index (χ2v) is 8.27. The standard InChI is InChI=1S/C22H26N4OS/c1-3-16-8-4-5-9-19(16)24-22(27)23-14-18-17-10-13-25(2)15-20(17)28-21(18)26-11-6-7-12-26/h4-9,11-12H,3,10,13-15H2,1-2H3,(H2,23,24,27). The van der Waals surface area contributed by atoms with Crippen molar-refractivity contribution in [1.29, 1.82) is 0 Å². The van der Waals surface area contributed by atoms with Crippen LogP contribution in [0.1, 0.15) is 28.5 Å². The predicted octanol–water partition coefficient (Wildman–Crippen LogP) is 4.41. The summed E-state index contributed by atoms with van der Waals surface area (Å²) in [7, 11) is 2.16. The third kappa shape index (κ3) is 3.84. The molecule has 0 radical (unpaired) electrons. The Kier molecular flexibility index (Phi) is 5.50.